The first-order valence-corrected chi connectivity index (χ1v) is 5.38. The fourth-order valence-electron chi connectivity index (χ4n) is 0.986. The lowest BCUT2D eigenvalue weighted by atomic mass is 10.4. The maximum Gasteiger partial charge on any atom is 0.328 e. The van der Waals surface area contributed by atoms with Crippen LogP contribution < -0.4 is 16.0 Å². The average Bonchev–Trinajstić information content (AvgIpc) is 2.30. The number of rotatable bonds is 10. The van der Waals surface area contributed by atoms with Gasteiger partial charge in [0.2, 0.25) is 5.91 Å². The predicted molar refractivity (Wildman–Crippen MR) is 65.7 cm³/mol. The zero-order chi connectivity index (χ0) is 12.9. The lowest BCUT2D eigenvalue weighted by molar-refractivity contribution is -0.131. The predicted octanol–water partition coefficient (Wildman–Crippen LogP) is -0.891. The van der Waals surface area contributed by atoms with E-state index in [4.69, 9.17) is 5.11 Å². The summed E-state index contributed by atoms with van der Waals surface area (Å²) in [7, 11) is 0. The van der Waals surface area contributed by atoms with Gasteiger partial charge >= 0.3 is 5.97 Å². The summed E-state index contributed by atoms with van der Waals surface area (Å²) in [6.45, 7) is 7.09. The molecule has 6 nitrogen and oxygen atoms in total. The van der Waals surface area contributed by atoms with Crippen LogP contribution in [0.1, 0.15) is 0 Å². The van der Waals surface area contributed by atoms with Crippen LogP contribution in [0.3, 0.4) is 0 Å². The summed E-state index contributed by atoms with van der Waals surface area (Å²) in [5.74, 6) is -1.54. The van der Waals surface area contributed by atoms with Crippen molar-refractivity contribution in [3.63, 3.8) is 0 Å². The van der Waals surface area contributed by atoms with Crippen LogP contribution in [-0.4, -0.2) is 49.7 Å². The van der Waals surface area contributed by atoms with Crippen LogP contribution in [0.15, 0.2) is 24.8 Å². The van der Waals surface area contributed by atoms with Gasteiger partial charge in [-0.3, -0.25) is 4.79 Å². The van der Waals surface area contributed by atoms with Crippen molar-refractivity contribution in [3.05, 3.63) is 24.8 Å². The van der Waals surface area contributed by atoms with Crippen LogP contribution in [0.5, 0.6) is 0 Å². The van der Waals surface area contributed by atoms with Crippen molar-refractivity contribution >= 4 is 11.9 Å². The number of carboxylic acids is 1. The van der Waals surface area contributed by atoms with E-state index in [-0.39, 0.29) is 0 Å². The van der Waals surface area contributed by atoms with E-state index in [1.807, 2.05) is 0 Å². The topological polar surface area (TPSA) is 90.5 Å². The van der Waals surface area contributed by atoms with Crippen LogP contribution in [0.4, 0.5) is 0 Å². The molecule has 0 saturated carbocycles. The Morgan fingerprint density at radius 1 is 1.06 bits per heavy atom. The van der Waals surface area contributed by atoms with Crippen molar-refractivity contribution in [1.29, 1.82) is 0 Å². The molecule has 6 heteroatoms. The number of hydrogen-bond acceptors (Lipinski definition) is 4. The van der Waals surface area contributed by atoms with Crippen LogP contribution >= 0.6 is 0 Å². The van der Waals surface area contributed by atoms with E-state index in [1.165, 1.54) is 0 Å². The van der Waals surface area contributed by atoms with Crippen LogP contribution in [0, 0.1) is 0 Å². The first-order valence-electron chi connectivity index (χ1n) is 5.38. The molecular weight excluding hydrogens is 222 g/mol. The molecule has 0 heterocycles. The molecule has 0 spiro atoms. The van der Waals surface area contributed by atoms with Gasteiger partial charge in [0.1, 0.15) is 0 Å². The summed E-state index contributed by atoms with van der Waals surface area (Å²) >= 11 is 0. The summed E-state index contributed by atoms with van der Waals surface area (Å²) in [5, 5.41) is 17.1. The molecule has 17 heavy (non-hydrogen) atoms. The second-order valence-corrected chi connectivity index (χ2v) is 3.21. The smallest absolute Gasteiger partial charge is 0.328 e. The van der Waals surface area contributed by atoms with Gasteiger partial charge in [0.25, 0.3) is 0 Å². The van der Waals surface area contributed by atoms with Gasteiger partial charge in [0, 0.05) is 44.9 Å². The molecular formula is C11H19N3O3. The summed E-state index contributed by atoms with van der Waals surface area (Å²) in [5.41, 5.74) is 0. The molecule has 0 aliphatic heterocycles. The van der Waals surface area contributed by atoms with Crippen LogP contribution in [-0.2, 0) is 9.59 Å². The highest BCUT2D eigenvalue weighted by molar-refractivity contribution is 5.93. The number of carbonyl (C=O) groups is 2. The Kier molecular flexibility index (Phi) is 9.79. The van der Waals surface area contributed by atoms with Gasteiger partial charge in [-0.05, 0) is 0 Å². The fraction of sp³-hybridized carbons (Fsp3) is 0.455. The standard InChI is InChI=1S/C11H19N3O3/c1-2-5-12-6-7-13-8-9-14-10(15)3-4-11(16)17/h2-4,12-13H,1,5-9H2,(H,14,15)(H,16,17)/b4-3+. The molecule has 0 bridgehead atoms. The largest absolute Gasteiger partial charge is 0.478 e. The third-order valence-corrected chi connectivity index (χ3v) is 1.75. The Bertz CT molecular complexity index is 277. The molecule has 0 unspecified atom stereocenters. The monoisotopic (exact) mass is 241 g/mol. The van der Waals surface area contributed by atoms with E-state index in [9.17, 15) is 9.59 Å². The number of carbonyl (C=O) groups excluding carboxylic acids is 1. The van der Waals surface area contributed by atoms with Crippen molar-refractivity contribution in [2.75, 3.05) is 32.7 Å². The van der Waals surface area contributed by atoms with E-state index >= 15 is 0 Å². The van der Waals surface area contributed by atoms with E-state index < -0.39 is 11.9 Å². The van der Waals surface area contributed by atoms with Crippen molar-refractivity contribution < 1.29 is 14.7 Å². The Morgan fingerprint density at radius 3 is 2.35 bits per heavy atom. The molecule has 1 amide bonds. The van der Waals surface area contributed by atoms with E-state index in [0.29, 0.717) is 13.1 Å². The number of hydrogen-bond donors (Lipinski definition) is 4. The second-order valence-electron chi connectivity index (χ2n) is 3.21. The van der Waals surface area contributed by atoms with Crippen molar-refractivity contribution in [1.82, 2.24) is 16.0 Å². The summed E-state index contributed by atoms with van der Waals surface area (Å²) < 4.78 is 0. The lowest BCUT2D eigenvalue weighted by Crippen LogP contribution is -2.34. The third-order valence-electron chi connectivity index (χ3n) is 1.75. The normalized spacial score (nSPS) is 10.4. The van der Waals surface area contributed by atoms with Gasteiger partial charge in [0.05, 0.1) is 0 Å². The molecule has 96 valence electrons. The summed E-state index contributed by atoms with van der Waals surface area (Å²) in [4.78, 5) is 21.1. The highest BCUT2D eigenvalue weighted by Crippen LogP contribution is 1.73. The number of amides is 1. The summed E-state index contributed by atoms with van der Waals surface area (Å²) in [6.07, 6.45) is 3.59. The molecule has 0 atom stereocenters. The Morgan fingerprint density at radius 2 is 1.71 bits per heavy atom. The average molecular weight is 241 g/mol. The zero-order valence-electron chi connectivity index (χ0n) is 9.74. The molecule has 0 radical (unpaired) electrons. The minimum atomic E-state index is -1.13. The highest BCUT2D eigenvalue weighted by atomic mass is 16.4. The Hall–Kier alpha value is -1.66. The Labute approximate surface area is 101 Å². The fourth-order valence-corrected chi connectivity index (χ4v) is 0.986. The maximum absolute atomic E-state index is 11.0. The summed E-state index contributed by atoms with van der Waals surface area (Å²) in [6, 6.07) is 0. The zero-order valence-corrected chi connectivity index (χ0v) is 9.74. The maximum atomic E-state index is 11.0. The number of carboxylic acid groups (broad SMARTS) is 1. The third kappa shape index (κ3) is 12.3. The molecule has 0 rings (SSSR count). The first-order chi connectivity index (χ1) is 8.16. The van der Waals surface area contributed by atoms with Crippen molar-refractivity contribution in [2.45, 2.75) is 0 Å². The van der Waals surface area contributed by atoms with Gasteiger partial charge in [-0.1, -0.05) is 6.08 Å². The van der Waals surface area contributed by atoms with Gasteiger partial charge in [-0.2, -0.15) is 0 Å². The van der Waals surface area contributed by atoms with Gasteiger partial charge in [-0.25, -0.2) is 4.79 Å². The molecule has 0 aromatic heterocycles. The molecule has 0 aromatic carbocycles. The van der Waals surface area contributed by atoms with Gasteiger partial charge in [0.15, 0.2) is 0 Å². The van der Waals surface area contributed by atoms with Gasteiger partial charge in [-0.15, -0.1) is 6.58 Å². The van der Waals surface area contributed by atoms with Gasteiger partial charge < -0.3 is 21.1 Å². The molecule has 0 fully saturated rings. The van der Waals surface area contributed by atoms with E-state index in [0.717, 1.165) is 31.8 Å². The quantitative estimate of drug-likeness (QED) is 0.226. The number of aliphatic carboxylic acids is 1. The molecule has 4 N–H and O–H groups in total. The molecule has 0 aliphatic rings. The van der Waals surface area contributed by atoms with Crippen molar-refractivity contribution in [2.24, 2.45) is 0 Å². The van der Waals surface area contributed by atoms with Crippen LogP contribution in [0.25, 0.3) is 0 Å². The molecule has 0 aliphatic carbocycles. The minimum Gasteiger partial charge on any atom is -0.478 e. The second kappa shape index (κ2) is 10.8. The molecule has 0 aromatic rings. The van der Waals surface area contributed by atoms with E-state index in [1.54, 1.807) is 6.08 Å². The van der Waals surface area contributed by atoms with Crippen molar-refractivity contribution in [3.8, 4) is 0 Å². The Balaban J connectivity index is 3.30. The minimum absolute atomic E-state index is 0.404. The SMILES string of the molecule is C=CCNCCNCCNC(=O)/C=C/C(=O)O. The molecule has 0 saturated heterocycles. The lowest BCUT2D eigenvalue weighted by Gasteiger charge is -2.05. The number of nitrogens with one attached hydrogen (secondary N) is 3. The van der Waals surface area contributed by atoms with Crippen LogP contribution in [0.2, 0.25) is 0 Å². The highest BCUT2D eigenvalue weighted by Gasteiger charge is 1.95. The first kappa shape index (κ1) is 15.3. The van der Waals surface area contributed by atoms with E-state index in [2.05, 4.69) is 22.5 Å².